The molecule has 0 fully saturated rings. The lowest BCUT2D eigenvalue weighted by Crippen LogP contribution is -2.19. The number of aliphatic imine (C=N–C) groups is 5. The lowest BCUT2D eigenvalue weighted by molar-refractivity contribution is -0.401. The van der Waals surface area contributed by atoms with Gasteiger partial charge in [-0.1, -0.05) is 70.0 Å². The molecule has 3 aromatic heterocycles. The van der Waals surface area contributed by atoms with Gasteiger partial charge in [0.05, 0.1) is 47.5 Å². The first kappa shape index (κ1) is 83.1. The molecule has 114 heavy (non-hydrogen) atoms. The first-order valence-corrected chi connectivity index (χ1v) is 34.5. The van der Waals surface area contributed by atoms with E-state index in [2.05, 4.69) is 55.8 Å². The Balaban J connectivity index is 0.000000147. The van der Waals surface area contributed by atoms with Crippen LogP contribution in [0.4, 0.5) is 34.1 Å². The number of ether oxygens (including phenoxy) is 1. The third-order valence-corrected chi connectivity index (χ3v) is 17.9. The number of carboxylic acids is 10. The Morgan fingerprint density at radius 2 is 0.860 bits per heavy atom. The number of H-pyrrole nitrogens is 3. The van der Waals surface area contributed by atoms with Crippen LogP contribution in [-0.2, 0) is 67.3 Å². The normalized spacial score (nSPS) is 12.6. The molecule has 6 aliphatic rings. The van der Waals surface area contributed by atoms with Gasteiger partial charge < -0.3 is 81.0 Å². The molecule has 17 rings (SSSR count). The molecule has 8 aromatic carbocycles. The Hall–Kier alpha value is -15.0. The zero-order valence-corrected chi connectivity index (χ0v) is 61.8. The van der Waals surface area contributed by atoms with E-state index in [1.807, 2.05) is 72.8 Å². The monoisotopic (exact) mass is 1630 g/mol. The molecule has 15 N–H and O–H groups in total. The largest absolute Gasteiger partial charge is 0.508 e. The number of hydrogen-bond donors (Lipinski definition) is 15. The minimum atomic E-state index is -1.07. The smallest absolute Gasteiger partial charge is 0.396 e. The number of aromatic carboxylic acids is 4. The molecule has 0 radical (unpaired) electrons. The molecule has 0 aliphatic carbocycles. The molecule has 6 aliphatic heterocycles. The van der Waals surface area contributed by atoms with Crippen LogP contribution in [0.15, 0.2) is 218 Å². The lowest BCUT2D eigenvalue weighted by Gasteiger charge is -2.01. The summed E-state index contributed by atoms with van der Waals surface area (Å²) >= 11 is 9.11. The minimum Gasteiger partial charge on any atom is -0.508 e. The van der Waals surface area contributed by atoms with Gasteiger partial charge in [-0.3, -0.25) is 0 Å². The van der Waals surface area contributed by atoms with Crippen molar-refractivity contribution in [1.29, 1.82) is 0 Å². The number of halogens is 2. The summed E-state index contributed by atoms with van der Waals surface area (Å²) in [5.41, 5.74) is 13.1. The van der Waals surface area contributed by atoms with Crippen molar-refractivity contribution in [2.45, 2.75) is 38.5 Å². The van der Waals surface area contributed by atoms with Gasteiger partial charge in [-0.25, -0.2) is 72.9 Å². The third-order valence-electron chi connectivity index (χ3n) is 16.9. The number of rotatable bonds is 11. The van der Waals surface area contributed by atoms with Crippen molar-refractivity contribution in [3.05, 3.63) is 254 Å². The zero-order valence-electron chi connectivity index (χ0n) is 59.4. The Morgan fingerprint density at radius 3 is 1.36 bits per heavy atom. The van der Waals surface area contributed by atoms with Crippen LogP contribution in [0.1, 0.15) is 75.2 Å². The van der Waals surface area contributed by atoms with Gasteiger partial charge in [0.1, 0.15) is 69.9 Å². The lowest BCUT2D eigenvalue weighted by atomic mass is 10.1. The maximum Gasteiger partial charge on any atom is 0.396 e. The van der Waals surface area contributed by atoms with Crippen LogP contribution in [-0.4, -0.2) is 189 Å². The molecule has 0 saturated carbocycles. The number of fused-ring (bicyclic) bond motifs is 8. The van der Waals surface area contributed by atoms with E-state index in [9.17, 15) is 47.9 Å². The number of benzene rings is 8. The average Bonchev–Trinajstić information content (AvgIpc) is 1.66. The van der Waals surface area contributed by atoms with E-state index in [0.717, 1.165) is 66.0 Å². The molecule has 0 saturated heterocycles. The topological polar surface area (TPSA) is 535 Å². The molecule has 11 aromatic rings. The van der Waals surface area contributed by atoms with E-state index < -0.39 is 59.7 Å². The summed E-state index contributed by atoms with van der Waals surface area (Å²) in [5, 5.41) is 107. The number of hydrogen-bond acceptors (Lipinski definition) is 18. The van der Waals surface area contributed by atoms with Crippen LogP contribution < -0.4 is 4.74 Å². The molecule has 34 heteroatoms. The van der Waals surface area contributed by atoms with Crippen molar-refractivity contribution in [2.24, 2.45) is 25.0 Å². The standard InChI is InChI=1S/C10H7NO4.C10H9NO3.C10H9NO2.C9H6BrNO2.C9H6ClNO2.2C9H7NO3.C9H7NO2.C5H5NO2/c12-9(13)5-1-2-7-6(3-5)4-8(11-7)10(14)15;1-14-7-2-3-8-6(4-7)5-9(11-8)10(12)13;1-11-8-5-3-2-4-7(8)6-9(11)10(12)13;10-6-2-1-3-7-5(6)4-8(11-7)9(12)13;10-6-1-2-7-5(3-6)4-8(11-7)9(12)13;2*11-6-1-2-7-5(3-6)4-8(10-7)9(12)13;11-9(12)8-5-6-3-1-2-4-7(6)10-8;7-5(8)4-2-1-3-6-4/h1-3H,4H2,(H,12,13)(H,14,15);2-4H,5H2,1H3,(H,12,13);2-5H,6H2,1H3;2*1-3H,4H2,(H,12,13);1-3,11H,4H2,(H,12,13);1-4,10-11H,(H,12,13);1-5,10H,(H,11,12);1-3,6H,(H,7,8)/p+1. The second-order valence-corrected chi connectivity index (χ2v) is 25.8. The van der Waals surface area contributed by atoms with Crippen molar-refractivity contribution < 1.29 is 119 Å². The number of nitrogens with zero attached hydrogens (tertiary/aromatic N) is 6. The second-order valence-electron chi connectivity index (χ2n) is 24.5. The van der Waals surface area contributed by atoms with Crippen molar-refractivity contribution in [3.63, 3.8) is 0 Å². The Kier molecular flexibility index (Phi) is 27.3. The number of aliphatic carboxylic acids is 6. The van der Waals surface area contributed by atoms with Gasteiger partial charge in [0.15, 0.2) is 0 Å². The predicted octanol–water partition coefficient (Wildman–Crippen LogP) is 13.0. The predicted molar refractivity (Wildman–Crippen MR) is 421 cm³/mol. The number of carboxylic acid groups (broad SMARTS) is 10. The van der Waals surface area contributed by atoms with Gasteiger partial charge in [-0.05, 0) is 161 Å². The zero-order chi connectivity index (χ0) is 82.8. The molecule has 0 bridgehead atoms. The average molecular weight is 1630 g/mol. The summed E-state index contributed by atoms with van der Waals surface area (Å²) in [6.45, 7) is 0. The molecule has 9 heterocycles. The van der Waals surface area contributed by atoms with E-state index >= 15 is 0 Å². The number of aromatic amines is 3. The van der Waals surface area contributed by atoms with Gasteiger partial charge in [0.25, 0.3) is 5.71 Å². The van der Waals surface area contributed by atoms with Crippen molar-refractivity contribution >= 4 is 177 Å². The number of phenolic OH excluding ortho intramolecular Hbond substituents is 2. The maximum atomic E-state index is 10.8. The molecule has 0 amide bonds. The van der Waals surface area contributed by atoms with Crippen LogP contribution in [0.3, 0.4) is 0 Å². The van der Waals surface area contributed by atoms with E-state index in [0.29, 0.717) is 76.4 Å². The highest BCUT2D eigenvalue weighted by atomic mass is 79.9. The van der Waals surface area contributed by atoms with Crippen LogP contribution in [0.25, 0.3) is 21.8 Å². The van der Waals surface area contributed by atoms with E-state index in [1.165, 1.54) is 54.6 Å². The van der Waals surface area contributed by atoms with Crippen molar-refractivity contribution in [1.82, 2.24) is 15.0 Å². The quantitative estimate of drug-likeness (QED) is 0.0535. The van der Waals surface area contributed by atoms with E-state index in [4.69, 9.17) is 77.6 Å². The van der Waals surface area contributed by atoms with Crippen LogP contribution >= 0.6 is 27.5 Å². The minimum absolute atomic E-state index is 0.0486. The summed E-state index contributed by atoms with van der Waals surface area (Å²) in [4.78, 5) is 133. The van der Waals surface area contributed by atoms with Gasteiger partial charge in [-0.2, -0.15) is 4.58 Å². The Labute approximate surface area is 656 Å². The summed E-state index contributed by atoms with van der Waals surface area (Å²) in [6, 6.07) is 51.2. The second kappa shape index (κ2) is 37.4. The van der Waals surface area contributed by atoms with E-state index in [1.54, 1.807) is 79.5 Å². The highest BCUT2D eigenvalue weighted by Crippen LogP contribution is 2.35. The summed E-state index contributed by atoms with van der Waals surface area (Å²) < 4.78 is 7.69. The first-order chi connectivity index (χ1) is 54.2. The van der Waals surface area contributed by atoms with Crippen LogP contribution in [0.5, 0.6) is 17.2 Å². The summed E-state index contributed by atoms with van der Waals surface area (Å²) in [7, 11) is 3.37. The van der Waals surface area contributed by atoms with Gasteiger partial charge >= 0.3 is 59.7 Å². The number of aromatic nitrogens is 3. The van der Waals surface area contributed by atoms with Crippen LogP contribution in [0, 0.1) is 0 Å². The van der Waals surface area contributed by atoms with Crippen molar-refractivity contribution in [3.8, 4) is 17.2 Å². The molecule has 0 unspecified atom stereocenters. The number of aromatic hydroxyl groups is 2. The molecular weight excluding hydrogens is 1570 g/mol. The number of phenols is 2. The maximum absolute atomic E-state index is 10.8. The first-order valence-electron chi connectivity index (χ1n) is 33.3. The Bertz CT molecular complexity index is 5760. The highest BCUT2D eigenvalue weighted by molar-refractivity contribution is 9.10. The fourth-order valence-electron chi connectivity index (χ4n) is 11.3. The molecular formula is C80H64BrClN9O23+. The number of methoxy groups -OCH3 is 1. The van der Waals surface area contributed by atoms with Crippen molar-refractivity contribution in [2.75, 3.05) is 14.2 Å². The number of para-hydroxylation sites is 2. The summed E-state index contributed by atoms with van der Waals surface area (Å²) in [5.74, 6) is -8.65. The fourth-order valence-corrected chi connectivity index (χ4v) is 12.0. The Morgan fingerprint density at radius 1 is 0.395 bits per heavy atom. The third kappa shape index (κ3) is 21.7. The van der Waals surface area contributed by atoms with Gasteiger partial charge in [0.2, 0.25) is 5.69 Å². The molecule has 580 valence electrons. The molecule has 0 spiro atoms. The van der Waals surface area contributed by atoms with Gasteiger partial charge in [-0.15, -0.1) is 0 Å². The molecule has 32 nitrogen and oxygen atoms in total. The number of carbonyl (C=O) groups is 10. The van der Waals surface area contributed by atoms with Crippen LogP contribution in [0.2, 0.25) is 5.02 Å². The summed E-state index contributed by atoms with van der Waals surface area (Å²) in [6.07, 6.45) is 3.73. The molecule has 0 atom stereocenters. The number of nitrogens with one attached hydrogen (secondary N) is 3. The fraction of sp³-hybridized carbons (Fsp3) is 0.100. The van der Waals surface area contributed by atoms with E-state index in [-0.39, 0.29) is 69.1 Å². The van der Waals surface area contributed by atoms with Gasteiger partial charge in [0, 0.05) is 81.2 Å². The SMILES string of the molecule is COc1ccc2c(c1)CC(C(=O)O)=N2.C[N+]1=C(C(=O)O)Cc2ccccc21.O=C(O)C1=Nc2ccc(C(=O)O)cc2C1.O=C(O)C1=Nc2ccc(Cl)cc2C1.O=C(O)C1=Nc2ccc(O)cc2C1.O=C(O)C1=Nc2cccc(Br)c2C1.O=C(O)c1cc2cc(O)ccc2[nH]1.O=C(O)c1cc2ccccc2[nH]1.O=C(O)c1ccc[nH]1. The highest BCUT2D eigenvalue weighted by Gasteiger charge is 2.32.